The molecule has 2 heteroatoms. The first-order valence-corrected chi connectivity index (χ1v) is 6.29. The molecule has 1 saturated carbocycles. The number of hydrogen-bond acceptors (Lipinski definition) is 2. The summed E-state index contributed by atoms with van der Waals surface area (Å²) < 4.78 is 0. The lowest BCUT2D eigenvalue weighted by molar-refractivity contribution is 0.551. The molecule has 0 saturated heterocycles. The molecule has 1 fully saturated rings. The molecule has 1 aromatic rings. The van der Waals surface area contributed by atoms with Crippen molar-refractivity contribution in [2.75, 3.05) is 13.1 Å². The Balaban J connectivity index is 1.65. The standard InChI is InChI=1S/C14H22N2/c1-11(2)15-8-9-16-14-10-13(14)12-6-4-3-5-7-12/h3-7,11,13-16H,8-10H2,1-2H3. The van der Waals surface area contributed by atoms with Crippen molar-refractivity contribution in [2.24, 2.45) is 0 Å². The van der Waals surface area contributed by atoms with Gasteiger partial charge in [-0.15, -0.1) is 0 Å². The van der Waals surface area contributed by atoms with Crippen molar-refractivity contribution < 1.29 is 0 Å². The lowest BCUT2D eigenvalue weighted by Crippen LogP contribution is -2.32. The Bertz CT molecular complexity index is 308. The summed E-state index contributed by atoms with van der Waals surface area (Å²) in [6.45, 7) is 6.51. The van der Waals surface area contributed by atoms with Crippen molar-refractivity contribution in [1.82, 2.24) is 10.6 Å². The normalized spacial score (nSPS) is 23.7. The topological polar surface area (TPSA) is 24.1 Å². The van der Waals surface area contributed by atoms with E-state index in [-0.39, 0.29) is 0 Å². The molecule has 1 aromatic carbocycles. The van der Waals surface area contributed by atoms with Crippen LogP contribution in [0, 0.1) is 0 Å². The third-order valence-electron chi connectivity index (χ3n) is 3.10. The quantitative estimate of drug-likeness (QED) is 0.715. The molecule has 0 aliphatic heterocycles. The van der Waals surface area contributed by atoms with E-state index in [1.165, 1.54) is 12.0 Å². The second-order valence-electron chi connectivity index (χ2n) is 4.92. The first-order valence-electron chi connectivity index (χ1n) is 6.29. The molecule has 0 amide bonds. The fourth-order valence-electron chi connectivity index (χ4n) is 2.11. The van der Waals surface area contributed by atoms with E-state index in [0.29, 0.717) is 12.1 Å². The second-order valence-corrected chi connectivity index (χ2v) is 4.92. The Morgan fingerprint density at radius 3 is 2.62 bits per heavy atom. The summed E-state index contributed by atoms with van der Waals surface area (Å²) in [4.78, 5) is 0. The molecule has 2 unspecified atom stereocenters. The van der Waals surface area contributed by atoms with E-state index in [2.05, 4.69) is 54.8 Å². The zero-order chi connectivity index (χ0) is 11.4. The van der Waals surface area contributed by atoms with E-state index >= 15 is 0 Å². The number of nitrogens with one attached hydrogen (secondary N) is 2. The monoisotopic (exact) mass is 218 g/mol. The fourth-order valence-corrected chi connectivity index (χ4v) is 2.11. The van der Waals surface area contributed by atoms with Crippen LogP contribution in [0.3, 0.4) is 0 Å². The molecule has 0 bridgehead atoms. The smallest absolute Gasteiger partial charge is 0.0143 e. The highest BCUT2D eigenvalue weighted by Gasteiger charge is 2.37. The van der Waals surface area contributed by atoms with E-state index in [1.54, 1.807) is 0 Å². The van der Waals surface area contributed by atoms with Gasteiger partial charge in [0.1, 0.15) is 0 Å². The highest BCUT2D eigenvalue weighted by molar-refractivity contribution is 5.27. The van der Waals surface area contributed by atoms with Crippen LogP contribution in [0.4, 0.5) is 0 Å². The van der Waals surface area contributed by atoms with Gasteiger partial charge in [0, 0.05) is 31.1 Å². The van der Waals surface area contributed by atoms with Gasteiger partial charge in [0.15, 0.2) is 0 Å². The van der Waals surface area contributed by atoms with Crippen LogP contribution in [0.2, 0.25) is 0 Å². The molecule has 0 aromatic heterocycles. The Morgan fingerprint density at radius 2 is 1.94 bits per heavy atom. The predicted octanol–water partition coefficient (Wildman–Crippen LogP) is 2.13. The molecule has 2 atom stereocenters. The van der Waals surface area contributed by atoms with E-state index in [0.717, 1.165) is 19.0 Å². The summed E-state index contributed by atoms with van der Waals surface area (Å²) in [7, 11) is 0. The Hall–Kier alpha value is -0.860. The van der Waals surface area contributed by atoms with Crippen LogP contribution in [0.15, 0.2) is 30.3 Å². The van der Waals surface area contributed by atoms with Crippen molar-refractivity contribution in [3.05, 3.63) is 35.9 Å². The van der Waals surface area contributed by atoms with E-state index in [4.69, 9.17) is 0 Å². The zero-order valence-electron chi connectivity index (χ0n) is 10.2. The lowest BCUT2D eigenvalue weighted by Gasteiger charge is -2.08. The lowest BCUT2D eigenvalue weighted by atomic mass is 10.1. The Kier molecular flexibility index (Phi) is 3.97. The molecule has 0 spiro atoms. The zero-order valence-corrected chi connectivity index (χ0v) is 10.2. The van der Waals surface area contributed by atoms with Crippen LogP contribution in [-0.2, 0) is 0 Å². The average Bonchev–Trinajstić information content (AvgIpc) is 3.05. The highest BCUT2D eigenvalue weighted by atomic mass is 15.0. The second kappa shape index (κ2) is 5.46. The Labute approximate surface area is 98.4 Å². The van der Waals surface area contributed by atoms with Gasteiger partial charge in [0.05, 0.1) is 0 Å². The number of benzene rings is 1. The van der Waals surface area contributed by atoms with Gasteiger partial charge in [-0.05, 0) is 12.0 Å². The largest absolute Gasteiger partial charge is 0.313 e. The maximum Gasteiger partial charge on any atom is 0.0143 e. The van der Waals surface area contributed by atoms with Gasteiger partial charge in [0.25, 0.3) is 0 Å². The molecular weight excluding hydrogens is 196 g/mol. The van der Waals surface area contributed by atoms with Crippen molar-refractivity contribution in [3.63, 3.8) is 0 Å². The van der Waals surface area contributed by atoms with Gasteiger partial charge in [-0.1, -0.05) is 44.2 Å². The highest BCUT2D eigenvalue weighted by Crippen LogP contribution is 2.40. The van der Waals surface area contributed by atoms with Gasteiger partial charge < -0.3 is 10.6 Å². The summed E-state index contributed by atoms with van der Waals surface area (Å²) >= 11 is 0. The van der Waals surface area contributed by atoms with Crippen molar-refractivity contribution in [2.45, 2.75) is 38.3 Å². The minimum absolute atomic E-state index is 0.589. The SMILES string of the molecule is CC(C)NCCNC1CC1c1ccccc1. The molecule has 1 aliphatic rings. The number of rotatable bonds is 6. The summed E-state index contributed by atoms with van der Waals surface area (Å²) in [5, 5.41) is 7.02. The minimum atomic E-state index is 0.589. The predicted molar refractivity (Wildman–Crippen MR) is 68.7 cm³/mol. The molecule has 1 aliphatic carbocycles. The van der Waals surface area contributed by atoms with Gasteiger partial charge in [0.2, 0.25) is 0 Å². The van der Waals surface area contributed by atoms with Crippen molar-refractivity contribution in [1.29, 1.82) is 0 Å². The van der Waals surface area contributed by atoms with Crippen LogP contribution in [-0.4, -0.2) is 25.2 Å². The molecule has 0 heterocycles. The molecule has 2 rings (SSSR count). The average molecular weight is 218 g/mol. The van der Waals surface area contributed by atoms with E-state index in [9.17, 15) is 0 Å². The van der Waals surface area contributed by atoms with Gasteiger partial charge >= 0.3 is 0 Å². The summed E-state index contributed by atoms with van der Waals surface area (Å²) in [5.41, 5.74) is 1.48. The first kappa shape index (κ1) is 11.6. The maximum atomic E-state index is 3.60. The fraction of sp³-hybridized carbons (Fsp3) is 0.571. The third kappa shape index (κ3) is 3.32. The number of hydrogen-bond donors (Lipinski definition) is 2. The van der Waals surface area contributed by atoms with Crippen molar-refractivity contribution in [3.8, 4) is 0 Å². The third-order valence-corrected chi connectivity index (χ3v) is 3.10. The molecule has 88 valence electrons. The van der Waals surface area contributed by atoms with E-state index < -0.39 is 0 Å². The molecule has 16 heavy (non-hydrogen) atoms. The molecule has 0 radical (unpaired) electrons. The minimum Gasteiger partial charge on any atom is -0.313 e. The summed E-state index contributed by atoms with van der Waals surface area (Å²) in [6, 6.07) is 12.1. The van der Waals surface area contributed by atoms with Crippen LogP contribution in [0.5, 0.6) is 0 Å². The van der Waals surface area contributed by atoms with Gasteiger partial charge in [-0.3, -0.25) is 0 Å². The van der Waals surface area contributed by atoms with Crippen LogP contribution < -0.4 is 10.6 Å². The van der Waals surface area contributed by atoms with Crippen molar-refractivity contribution >= 4 is 0 Å². The first-order chi connectivity index (χ1) is 7.77. The summed E-state index contributed by atoms with van der Waals surface area (Å²) in [6.07, 6.45) is 1.30. The summed E-state index contributed by atoms with van der Waals surface area (Å²) in [5.74, 6) is 0.750. The van der Waals surface area contributed by atoms with Gasteiger partial charge in [-0.2, -0.15) is 0 Å². The molecular formula is C14H22N2. The molecule has 2 nitrogen and oxygen atoms in total. The maximum absolute atomic E-state index is 3.60. The van der Waals surface area contributed by atoms with E-state index in [1.807, 2.05) is 0 Å². The van der Waals surface area contributed by atoms with Crippen LogP contribution in [0.1, 0.15) is 31.7 Å². The van der Waals surface area contributed by atoms with Crippen LogP contribution >= 0.6 is 0 Å². The Morgan fingerprint density at radius 1 is 1.19 bits per heavy atom. The molecule has 2 N–H and O–H groups in total. The van der Waals surface area contributed by atoms with Gasteiger partial charge in [-0.25, -0.2) is 0 Å². The van der Waals surface area contributed by atoms with Crippen LogP contribution in [0.25, 0.3) is 0 Å².